The van der Waals surface area contributed by atoms with Gasteiger partial charge in [-0.1, -0.05) is 19.8 Å². The van der Waals surface area contributed by atoms with Crippen molar-refractivity contribution >= 4 is 11.8 Å². The Kier molecular flexibility index (Phi) is 4.98. The number of rotatable bonds is 6. The zero-order valence-electron chi connectivity index (χ0n) is 10.7. The highest BCUT2D eigenvalue weighted by Crippen LogP contribution is 2.35. The molecule has 1 aliphatic heterocycles. The first-order valence-corrected chi connectivity index (χ1v) is 7.98. The van der Waals surface area contributed by atoms with Crippen molar-refractivity contribution in [3.8, 4) is 0 Å². The van der Waals surface area contributed by atoms with Gasteiger partial charge in [0.1, 0.15) is 0 Å². The van der Waals surface area contributed by atoms with E-state index in [2.05, 4.69) is 35.9 Å². The van der Waals surface area contributed by atoms with Crippen LogP contribution in [0.1, 0.15) is 32.6 Å². The number of nitrogens with zero attached hydrogens (tertiary/aromatic N) is 1. The number of nitrogens with one attached hydrogen (secondary N) is 1. The van der Waals surface area contributed by atoms with Gasteiger partial charge >= 0.3 is 0 Å². The summed E-state index contributed by atoms with van der Waals surface area (Å²) in [5.74, 6) is 3.68. The average molecular weight is 242 g/mol. The van der Waals surface area contributed by atoms with Crippen molar-refractivity contribution in [2.75, 3.05) is 31.6 Å². The summed E-state index contributed by atoms with van der Waals surface area (Å²) in [5.41, 5.74) is 0. The van der Waals surface area contributed by atoms with Gasteiger partial charge in [0.15, 0.2) is 0 Å². The molecule has 94 valence electrons. The Morgan fingerprint density at radius 2 is 2.25 bits per heavy atom. The lowest BCUT2D eigenvalue weighted by Gasteiger charge is -2.38. The van der Waals surface area contributed by atoms with Crippen LogP contribution in [0.3, 0.4) is 0 Å². The molecule has 2 aliphatic rings. The second kappa shape index (κ2) is 6.27. The molecule has 0 aromatic heterocycles. The topological polar surface area (TPSA) is 15.3 Å². The Balaban J connectivity index is 1.86. The second-order valence-corrected chi connectivity index (χ2v) is 6.51. The van der Waals surface area contributed by atoms with Gasteiger partial charge in [-0.2, -0.15) is 11.8 Å². The number of likely N-dealkylation sites (N-methyl/N-ethyl adjacent to an activating group) is 1. The maximum atomic E-state index is 3.79. The molecule has 0 aromatic rings. The molecular weight excluding hydrogens is 216 g/mol. The number of hydrogen-bond acceptors (Lipinski definition) is 3. The minimum absolute atomic E-state index is 0.741. The summed E-state index contributed by atoms with van der Waals surface area (Å²) in [6, 6.07) is 1.51. The van der Waals surface area contributed by atoms with Crippen LogP contribution in [0.2, 0.25) is 0 Å². The summed E-state index contributed by atoms with van der Waals surface area (Å²) in [4.78, 5) is 2.58. The van der Waals surface area contributed by atoms with Crippen molar-refractivity contribution in [3.63, 3.8) is 0 Å². The Labute approximate surface area is 105 Å². The van der Waals surface area contributed by atoms with E-state index in [-0.39, 0.29) is 0 Å². The molecule has 2 atom stereocenters. The van der Waals surface area contributed by atoms with Crippen molar-refractivity contribution in [2.45, 2.75) is 44.7 Å². The zero-order valence-corrected chi connectivity index (χ0v) is 11.6. The van der Waals surface area contributed by atoms with Crippen LogP contribution in [0.25, 0.3) is 0 Å². The van der Waals surface area contributed by atoms with Crippen LogP contribution in [0, 0.1) is 5.92 Å². The molecule has 0 amide bonds. The van der Waals surface area contributed by atoms with Crippen LogP contribution in [0.5, 0.6) is 0 Å². The summed E-state index contributed by atoms with van der Waals surface area (Å²) in [6.45, 7) is 4.72. The van der Waals surface area contributed by atoms with E-state index < -0.39 is 0 Å². The summed E-state index contributed by atoms with van der Waals surface area (Å²) < 4.78 is 0. The number of thioether (sulfide) groups is 1. The molecular formula is C13H26N2S. The van der Waals surface area contributed by atoms with E-state index in [4.69, 9.17) is 0 Å². The van der Waals surface area contributed by atoms with Gasteiger partial charge in [0, 0.05) is 30.1 Å². The third-order valence-electron chi connectivity index (χ3n) is 3.85. The minimum atomic E-state index is 0.741. The molecule has 1 saturated heterocycles. The van der Waals surface area contributed by atoms with E-state index >= 15 is 0 Å². The van der Waals surface area contributed by atoms with Crippen LogP contribution >= 0.6 is 11.8 Å². The molecule has 2 fully saturated rings. The monoisotopic (exact) mass is 242 g/mol. The van der Waals surface area contributed by atoms with Crippen molar-refractivity contribution in [2.24, 2.45) is 5.92 Å². The standard InChI is InChI=1S/C13H26N2S/c1-3-6-14-12(9-11-4-5-11)13-10-16-8-7-15(13)2/h11-14H,3-10H2,1-2H3. The lowest BCUT2D eigenvalue weighted by molar-refractivity contribution is 0.204. The molecule has 0 bridgehead atoms. The molecule has 16 heavy (non-hydrogen) atoms. The van der Waals surface area contributed by atoms with Crippen LogP contribution in [-0.4, -0.2) is 48.6 Å². The van der Waals surface area contributed by atoms with E-state index in [0.29, 0.717) is 0 Å². The smallest absolute Gasteiger partial charge is 0.0337 e. The Morgan fingerprint density at radius 1 is 1.44 bits per heavy atom. The molecule has 1 aliphatic carbocycles. The zero-order chi connectivity index (χ0) is 11.4. The SMILES string of the molecule is CCCNC(CC1CC1)C1CSCCN1C. The minimum Gasteiger partial charge on any atom is -0.312 e. The van der Waals surface area contributed by atoms with Gasteiger partial charge in [-0.25, -0.2) is 0 Å². The summed E-state index contributed by atoms with van der Waals surface area (Å²) in [5, 5.41) is 3.79. The highest BCUT2D eigenvalue weighted by Gasteiger charge is 2.32. The van der Waals surface area contributed by atoms with E-state index in [1.54, 1.807) is 0 Å². The highest BCUT2D eigenvalue weighted by molar-refractivity contribution is 7.99. The maximum absolute atomic E-state index is 3.79. The molecule has 2 rings (SSSR count). The molecule has 0 spiro atoms. The van der Waals surface area contributed by atoms with E-state index in [1.165, 1.54) is 50.3 Å². The van der Waals surface area contributed by atoms with Crippen LogP contribution < -0.4 is 5.32 Å². The third kappa shape index (κ3) is 3.64. The van der Waals surface area contributed by atoms with Gasteiger partial charge in [-0.15, -0.1) is 0 Å². The van der Waals surface area contributed by atoms with Crippen molar-refractivity contribution < 1.29 is 0 Å². The first kappa shape index (κ1) is 12.7. The van der Waals surface area contributed by atoms with Gasteiger partial charge in [0.05, 0.1) is 0 Å². The molecule has 0 radical (unpaired) electrons. The third-order valence-corrected chi connectivity index (χ3v) is 4.90. The van der Waals surface area contributed by atoms with Gasteiger partial charge in [0.25, 0.3) is 0 Å². The first-order valence-electron chi connectivity index (χ1n) is 6.82. The van der Waals surface area contributed by atoms with Gasteiger partial charge in [-0.3, -0.25) is 0 Å². The second-order valence-electron chi connectivity index (χ2n) is 5.36. The number of hydrogen-bond donors (Lipinski definition) is 1. The molecule has 1 heterocycles. The maximum Gasteiger partial charge on any atom is 0.0337 e. The van der Waals surface area contributed by atoms with Gasteiger partial charge < -0.3 is 10.2 Å². The summed E-state index contributed by atoms with van der Waals surface area (Å²) in [7, 11) is 2.30. The van der Waals surface area contributed by atoms with Gasteiger partial charge in [0.2, 0.25) is 0 Å². The highest BCUT2D eigenvalue weighted by atomic mass is 32.2. The van der Waals surface area contributed by atoms with E-state index in [0.717, 1.165) is 18.0 Å². The molecule has 1 saturated carbocycles. The van der Waals surface area contributed by atoms with E-state index in [9.17, 15) is 0 Å². The van der Waals surface area contributed by atoms with Crippen molar-refractivity contribution in [1.82, 2.24) is 10.2 Å². The fraction of sp³-hybridized carbons (Fsp3) is 1.00. The molecule has 0 aromatic carbocycles. The fourth-order valence-electron chi connectivity index (χ4n) is 2.55. The first-order chi connectivity index (χ1) is 7.81. The van der Waals surface area contributed by atoms with Crippen LogP contribution in [-0.2, 0) is 0 Å². The molecule has 1 N–H and O–H groups in total. The molecule has 2 nitrogen and oxygen atoms in total. The van der Waals surface area contributed by atoms with Crippen LogP contribution in [0.15, 0.2) is 0 Å². The lowest BCUT2D eigenvalue weighted by atomic mass is 10.0. The summed E-state index contributed by atoms with van der Waals surface area (Å²) in [6.07, 6.45) is 5.63. The van der Waals surface area contributed by atoms with Crippen LogP contribution in [0.4, 0.5) is 0 Å². The largest absolute Gasteiger partial charge is 0.312 e. The predicted molar refractivity (Wildman–Crippen MR) is 73.2 cm³/mol. The Bertz CT molecular complexity index is 206. The molecule has 3 heteroatoms. The predicted octanol–water partition coefficient (Wildman–Crippen LogP) is 2.20. The van der Waals surface area contributed by atoms with Crippen molar-refractivity contribution in [3.05, 3.63) is 0 Å². The van der Waals surface area contributed by atoms with Crippen molar-refractivity contribution in [1.29, 1.82) is 0 Å². The quantitative estimate of drug-likeness (QED) is 0.769. The van der Waals surface area contributed by atoms with E-state index in [1.807, 2.05) is 0 Å². The Hall–Kier alpha value is 0.270. The normalized spacial score (nSPS) is 29.2. The fourth-order valence-corrected chi connectivity index (χ4v) is 3.86. The molecule has 2 unspecified atom stereocenters. The Morgan fingerprint density at radius 3 is 2.88 bits per heavy atom. The average Bonchev–Trinajstić information content (AvgIpc) is 3.09. The lowest BCUT2D eigenvalue weighted by Crippen LogP contribution is -2.53. The summed E-state index contributed by atoms with van der Waals surface area (Å²) >= 11 is 2.13. The van der Waals surface area contributed by atoms with Gasteiger partial charge in [-0.05, 0) is 32.4 Å².